The van der Waals surface area contributed by atoms with Crippen molar-refractivity contribution in [3.05, 3.63) is 60.2 Å². The molecule has 0 amide bonds. The van der Waals surface area contributed by atoms with Crippen LogP contribution in [-0.4, -0.2) is 133 Å². The fourth-order valence-corrected chi connectivity index (χ4v) is 14.4. The van der Waals surface area contributed by atoms with E-state index in [0.29, 0.717) is 75.5 Å². The number of ketones is 1. The van der Waals surface area contributed by atoms with Crippen molar-refractivity contribution in [3.63, 3.8) is 0 Å². The van der Waals surface area contributed by atoms with Gasteiger partial charge in [0.2, 0.25) is 0 Å². The lowest BCUT2D eigenvalue weighted by molar-refractivity contribution is -0.292. The van der Waals surface area contributed by atoms with Crippen molar-refractivity contribution in [1.29, 1.82) is 0 Å². The van der Waals surface area contributed by atoms with Gasteiger partial charge in [0.05, 0.1) is 60.7 Å². The minimum Gasteiger partial charge on any atom is -0.458 e. The highest BCUT2D eigenvalue weighted by Gasteiger charge is 2.69. The zero-order valence-corrected chi connectivity index (χ0v) is 45.5. The number of carbonyl (C=O) groups excluding carboxylic acids is 2. The number of rotatable bonds is 9. The first-order valence-electron chi connectivity index (χ1n) is 26.7. The summed E-state index contributed by atoms with van der Waals surface area (Å²) < 4.78 is 92.9. The Morgan fingerprint density at radius 1 is 0.831 bits per heavy atom. The molecule has 1 aromatic rings. The van der Waals surface area contributed by atoms with Gasteiger partial charge in [-0.2, -0.15) is 8.42 Å². The Hall–Kier alpha value is -2.35. The first kappa shape index (κ1) is 53.5. The Morgan fingerprint density at radius 3 is 2.27 bits per heavy atom. The summed E-state index contributed by atoms with van der Waals surface area (Å²) in [6, 6.07) is 8.80. The van der Waals surface area contributed by atoms with Gasteiger partial charge < -0.3 is 42.3 Å². The Bertz CT molecular complexity index is 2220. The largest absolute Gasteiger partial charge is 0.458 e. The third-order valence-electron chi connectivity index (χ3n) is 17.8. The Morgan fingerprint density at radius 2 is 1.54 bits per heavy atom. The SMILES string of the molecule is C=C1C[C@@H](OC(=O)c2ccccc2)CC[C@@]23C[C@H]4O[C@H]5[C@@H](O2)[C@H]2O[C@@H](CC[C@@H]2O[C@H]5[C@H]4O3)CC(=O)C[C@H]2C(C[C@H]3O[C@@H](CC[C@H]1OS(C)(=O)=O)C[C@@H](C)C3=C)O[C@H](C[C@H](C)CO[Si](C)(C)C(C)(C)C)[C@@H]2C. The molecule has 0 saturated carbocycles. The van der Waals surface area contributed by atoms with Crippen LogP contribution in [0.3, 0.4) is 0 Å². The van der Waals surface area contributed by atoms with Gasteiger partial charge in [0.15, 0.2) is 14.1 Å². The van der Waals surface area contributed by atoms with Crippen LogP contribution in [0.1, 0.15) is 135 Å². The molecule has 0 aliphatic carbocycles. The molecule has 0 radical (unpaired) electrons. The Kier molecular flexibility index (Phi) is 15.8. The van der Waals surface area contributed by atoms with E-state index >= 15 is 0 Å². The van der Waals surface area contributed by atoms with Crippen LogP contribution >= 0.6 is 0 Å². The number of benzene rings is 1. The van der Waals surface area contributed by atoms with Crippen LogP contribution < -0.4 is 0 Å². The van der Waals surface area contributed by atoms with Gasteiger partial charge in [-0.15, -0.1) is 0 Å². The molecule has 19 atom stereocenters. The number of hydrogen-bond donors (Lipinski definition) is 0. The molecule has 14 nitrogen and oxygen atoms in total. The molecule has 71 heavy (non-hydrogen) atoms. The molecule has 9 aliphatic heterocycles. The molecule has 9 fully saturated rings. The molecular weight excluding hydrogens is 945 g/mol. The van der Waals surface area contributed by atoms with Gasteiger partial charge >= 0.3 is 5.97 Å². The third kappa shape index (κ3) is 11.9. The van der Waals surface area contributed by atoms with Gasteiger partial charge in [-0.1, -0.05) is 72.9 Å². The lowest BCUT2D eigenvalue weighted by Crippen LogP contribution is -2.61. The predicted octanol–water partition coefficient (Wildman–Crippen LogP) is 9.20. The molecule has 1 unspecified atom stereocenters. The average molecular weight is 1030 g/mol. The van der Waals surface area contributed by atoms with Crippen LogP contribution in [0.25, 0.3) is 0 Å². The van der Waals surface area contributed by atoms with Crippen LogP contribution in [0.15, 0.2) is 54.6 Å². The van der Waals surface area contributed by atoms with Crippen LogP contribution in [0.2, 0.25) is 18.1 Å². The summed E-state index contributed by atoms with van der Waals surface area (Å²) in [5.74, 6) is -1.02. The van der Waals surface area contributed by atoms with Gasteiger partial charge in [-0.25, -0.2) is 4.79 Å². The normalized spacial score (nSPS) is 41.7. The number of fused-ring (bicyclic) bond motifs is 4. The summed E-state index contributed by atoms with van der Waals surface area (Å²) in [5, 5.41) is 0.103. The second-order valence-electron chi connectivity index (χ2n) is 24.3. The summed E-state index contributed by atoms with van der Waals surface area (Å²) in [5.41, 5.74) is 1.88. The van der Waals surface area contributed by atoms with Gasteiger partial charge in [0.1, 0.15) is 42.4 Å². The van der Waals surface area contributed by atoms with E-state index in [9.17, 15) is 18.0 Å². The van der Waals surface area contributed by atoms with Gasteiger partial charge in [0.25, 0.3) is 10.1 Å². The summed E-state index contributed by atoms with van der Waals surface area (Å²) in [7, 11) is -5.89. The topological polar surface area (TPSA) is 161 Å². The van der Waals surface area contributed by atoms with Gasteiger partial charge in [0, 0.05) is 45.1 Å². The molecule has 0 aromatic heterocycles. The number of esters is 1. The van der Waals surface area contributed by atoms with E-state index in [0.717, 1.165) is 24.7 Å². The Labute approximate surface area is 424 Å². The minimum absolute atomic E-state index is 0.0533. The summed E-state index contributed by atoms with van der Waals surface area (Å²) in [6.07, 6.45) is 1.81. The van der Waals surface area contributed by atoms with Gasteiger partial charge in [-0.05, 0) is 110 Å². The van der Waals surface area contributed by atoms with E-state index in [1.807, 2.05) is 6.07 Å². The number of Topliss-reactive ketones (excluding diaryl/α,β-unsaturated/α-hetero) is 1. The lowest BCUT2D eigenvalue weighted by Gasteiger charge is -2.47. The quantitative estimate of drug-likeness (QED) is 0.0997. The fraction of sp³-hybridized carbons (Fsp3) is 0.782. The van der Waals surface area contributed by atoms with Crippen LogP contribution in [0.5, 0.6) is 0 Å². The number of carbonyl (C=O) groups is 2. The average Bonchev–Trinajstić information content (AvgIpc) is 3.84. The van der Waals surface area contributed by atoms with Crippen molar-refractivity contribution in [3.8, 4) is 0 Å². The second-order valence-corrected chi connectivity index (χ2v) is 30.7. The van der Waals surface area contributed by atoms with E-state index in [4.69, 9.17) is 46.5 Å². The van der Waals surface area contributed by atoms with Crippen molar-refractivity contribution in [2.24, 2.45) is 23.7 Å². The molecule has 9 heterocycles. The van der Waals surface area contributed by atoms with Crippen molar-refractivity contribution in [2.75, 3.05) is 12.9 Å². The number of hydrogen-bond acceptors (Lipinski definition) is 14. The summed E-state index contributed by atoms with van der Waals surface area (Å²) >= 11 is 0. The summed E-state index contributed by atoms with van der Waals surface area (Å²) in [4.78, 5) is 28.2. The molecule has 0 N–H and O–H groups in total. The molecule has 9 aliphatic rings. The summed E-state index contributed by atoms with van der Waals surface area (Å²) in [6.45, 7) is 27.6. The van der Waals surface area contributed by atoms with Crippen LogP contribution in [-0.2, 0) is 61.4 Å². The highest BCUT2D eigenvalue weighted by atomic mass is 32.2. The zero-order valence-electron chi connectivity index (χ0n) is 43.7. The monoisotopic (exact) mass is 1030 g/mol. The van der Waals surface area contributed by atoms with E-state index in [2.05, 4.69) is 67.8 Å². The predicted molar refractivity (Wildman–Crippen MR) is 269 cm³/mol. The van der Waals surface area contributed by atoms with E-state index in [1.54, 1.807) is 24.3 Å². The Balaban J connectivity index is 1.00. The maximum Gasteiger partial charge on any atom is 0.338 e. The second kappa shape index (κ2) is 21.0. The van der Waals surface area contributed by atoms with Crippen molar-refractivity contribution < 1.29 is 64.5 Å². The maximum atomic E-state index is 14.5. The standard InChI is InChI=1S/C55H82O14SSi/c1-31(30-60-71(10,11)54(6,7)8)23-44-35(5)41-27-37(56)26-39-18-20-43-48(62-39)52-51-50(65-43)49-47(66-51)29-55(67-49,68-52)22-21-40(63-53(57)36-15-13-12-14-16-36)25-33(3)42(69-70(9,58)59)19-17-38-24-32(2)34(4)45(61-38)28-46(41)64-44/h12-16,31-32,35,38-52H,3-4,17-30H2,1-2,5-11H3/t31-,32+,35+,38-,39-,40-,41+,42+,43-,44+,45+,46?,47+,48-,49-,50-,51+,52-,55-/m0/s1. The molecular formula is C55H82O14SSi. The maximum absolute atomic E-state index is 14.5. The van der Waals surface area contributed by atoms with Gasteiger partial charge in [-0.3, -0.25) is 8.98 Å². The van der Waals surface area contributed by atoms with Crippen LogP contribution in [0.4, 0.5) is 0 Å². The van der Waals surface area contributed by atoms with Crippen molar-refractivity contribution in [1.82, 2.24) is 0 Å². The molecule has 10 rings (SSSR count). The molecule has 16 heteroatoms. The molecule has 10 bridgehead atoms. The minimum atomic E-state index is -3.93. The molecule has 1 aromatic carbocycles. The van der Waals surface area contributed by atoms with Crippen molar-refractivity contribution in [2.45, 2.75) is 234 Å². The zero-order chi connectivity index (χ0) is 50.8. The van der Waals surface area contributed by atoms with Crippen LogP contribution in [0, 0.1) is 23.7 Å². The lowest BCUT2D eigenvalue weighted by atomic mass is 9.78. The van der Waals surface area contributed by atoms with E-state index in [1.165, 1.54) is 0 Å². The fourth-order valence-electron chi connectivity index (χ4n) is 12.7. The van der Waals surface area contributed by atoms with E-state index < -0.39 is 60.7 Å². The third-order valence-corrected chi connectivity index (χ3v) is 22.9. The van der Waals surface area contributed by atoms with Crippen molar-refractivity contribution >= 4 is 30.2 Å². The first-order chi connectivity index (χ1) is 33.4. The molecule has 396 valence electrons. The molecule has 9 saturated heterocycles. The smallest absolute Gasteiger partial charge is 0.338 e. The molecule has 1 spiro atoms. The highest BCUT2D eigenvalue weighted by Crippen LogP contribution is 2.54. The highest BCUT2D eigenvalue weighted by molar-refractivity contribution is 7.86. The van der Waals surface area contributed by atoms with E-state index in [-0.39, 0.29) is 102 Å². The number of ether oxygens (including phenoxy) is 8. The first-order valence-corrected chi connectivity index (χ1v) is 31.5.